The van der Waals surface area contributed by atoms with Crippen LogP contribution in [-0.4, -0.2) is 10.2 Å². The molecule has 2 N–H and O–H groups in total. The topological polar surface area (TPSA) is 53.6 Å². The van der Waals surface area contributed by atoms with E-state index in [-0.39, 0.29) is 47.6 Å². The second-order valence-corrected chi connectivity index (χ2v) is 14.3. The zero-order valence-corrected chi connectivity index (χ0v) is 35.2. The Morgan fingerprint density at radius 1 is 0.482 bits per heavy atom. The van der Waals surface area contributed by atoms with Gasteiger partial charge in [0.15, 0.2) is 0 Å². The second kappa shape index (κ2) is 14.4. The summed E-state index contributed by atoms with van der Waals surface area (Å²) in [5.74, 6) is -0.433. The molecule has 0 radical (unpaired) electrons. The van der Waals surface area contributed by atoms with Crippen LogP contribution in [0.2, 0.25) is 5.02 Å². The molecule has 0 bridgehead atoms. The molecule has 0 saturated carbocycles. The quantitative estimate of drug-likeness (QED) is 0.133. The van der Waals surface area contributed by atoms with Crippen LogP contribution in [0.3, 0.4) is 0 Å². The third-order valence-corrected chi connectivity index (χ3v) is 11.2. The van der Waals surface area contributed by atoms with Gasteiger partial charge in [-0.25, -0.2) is 0 Å². The van der Waals surface area contributed by atoms with Gasteiger partial charge in [-0.3, -0.25) is 0 Å². The Balaban J connectivity index is 0.00000410. The monoisotopic (exact) mass is 965 g/mol. The molecule has 0 amide bonds. The minimum absolute atomic E-state index is 0. The van der Waals surface area contributed by atoms with Crippen LogP contribution in [0.5, 0.6) is 11.5 Å². The summed E-state index contributed by atoms with van der Waals surface area (Å²) in [6.45, 7) is 1.80. The maximum atomic E-state index is 10.9. The van der Waals surface area contributed by atoms with Gasteiger partial charge in [-0.15, -0.1) is 17.2 Å². The molecule has 10 aromatic rings. The Labute approximate surface area is 352 Å². The molecule has 0 saturated heterocycles. The summed E-state index contributed by atoms with van der Waals surface area (Å²) >= 11 is 6.24. The molecule has 9 aromatic carbocycles. The van der Waals surface area contributed by atoms with Crippen molar-refractivity contribution in [3.05, 3.63) is 180 Å². The summed E-state index contributed by atoms with van der Waals surface area (Å²) in [5.41, 5.74) is 12.7. The standard InChI is InChI=1S/C51H32ClO3.U/c1-30-43(29-44(53)50(52)51(30)54)48-39-21-9-7-19-37(39)47(38-20-8-10-22-40(38)48)42-23-12-24-45-49(42)41-26-25-33(28-46(41)55-45)32-15-11-16-34(27-32)36-18-6-5-17-35(36)31-13-3-2-4-14-31;/h2-28,53-54H,1H3;/q-1;. The van der Waals surface area contributed by atoms with Gasteiger partial charge < -0.3 is 14.6 Å². The minimum atomic E-state index is -0.283. The third kappa shape index (κ3) is 5.80. The summed E-state index contributed by atoms with van der Waals surface area (Å²) in [6, 6.07) is 60.2. The van der Waals surface area contributed by atoms with Crippen molar-refractivity contribution in [3.8, 4) is 67.1 Å². The van der Waals surface area contributed by atoms with E-state index in [0.717, 1.165) is 76.9 Å². The number of aromatic hydroxyl groups is 2. The van der Waals surface area contributed by atoms with E-state index >= 15 is 0 Å². The molecule has 0 fully saturated rings. The molecular weight excluding hydrogens is 934 g/mol. The van der Waals surface area contributed by atoms with Gasteiger partial charge in [0.05, 0.1) is 11.5 Å². The van der Waals surface area contributed by atoms with Crippen molar-refractivity contribution in [1.29, 1.82) is 0 Å². The Morgan fingerprint density at radius 2 is 1.02 bits per heavy atom. The number of hydrogen-bond donors (Lipinski definition) is 2. The first-order valence-electron chi connectivity index (χ1n) is 18.2. The van der Waals surface area contributed by atoms with Crippen LogP contribution in [0.25, 0.3) is 99.1 Å². The number of phenolic OH excluding ortho intramolecular Hbond substituents is 2. The van der Waals surface area contributed by atoms with Gasteiger partial charge in [0.2, 0.25) is 0 Å². The number of hydrogen-bond acceptors (Lipinski definition) is 3. The van der Waals surface area contributed by atoms with Gasteiger partial charge in [-0.1, -0.05) is 174 Å². The number of benzene rings is 9. The van der Waals surface area contributed by atoms with Gasteiger partial charge in [0, 0.05) is 46.9 Å². The first-order valence-corrected chi connectivity index (χ1v) is 18.6. The van der Waals surface area contributed by atoms with Crippen LogP contribution in [0.4, 0.5) is 0 Å². The predicted molar refractivity (Wildman–Crippen MR) is 228 cm³/mol. The fraction of sp³-hybridized carbons (Fsp3) is 0.0196. The van der Waals surface area contributed by atoms with Crippen molar-refractivity contribution < 1.29 is 45.7 Å². The first kappa shape index (κ1) is 35.9. The van der Waals surface area contributed by atoms with Gasteiger partial charge in [0.25, 0.3) is 0 Å². The van der Waals surface area contributed by atoms with Gasteiger partial charge in [0.1, 0.15) is 11.2 Å². The number of fused-ring (bicyclic) bond motifs is 5. The molecule has 5 heteroatoms. The largest absolute Gasteiger partial charge is 0.526 e. The molecule has 266 valence electrons. The summed E-state index contributed by atoms with van der Waals surface area (Å²) in [7, 11) is 0. The predicted octanol–water partition coefficient (Wildman–Crippen LogP) is 14.4. The maximum Gasteiger partial charge on any atom is 0.136 e. The van der Waals surface area contributed by atoms with E-state index in [2.05, 4.69) is 133 Å². The summed E-state index contributed by atoms with van der Waals surface area (Å²) in [4.78, 5) is 0. The molecule has 1 heterocycles. The summed E-state index contributed by atoms with van der Waals surface area (Å²) in [5, 5.41) is 27.6. The van der Waals surface area contributed by atoms with Gasteiger partial charge >= 0.3 is 0 Å². The molecule has 56 heavy (non-hydrogen) atoms. The Kier molecular flexibility index (Phi) is 9.23. The van der Waals surface area contributed by atoms with Crippen LogP contribution in [-0.2, 0) is 0 Å². The number of rotatable bonds is 5. The molecule has 1 aromatic heterocycles. The van der Waals surface area contributed by atoms with Crippen LogP contribution in [0, 0.1) is 44.1 Å². The average molecular weight is 966 g/mol. The van der Waals surface area contributed by atoms with Gasteiger partial charge in [-0.2, -0.15) is 0 Å². The minimum Gasteiger partial charge on any atom is -0.526 e. The normalized spacial score (nSPS) is 11.4. The molecular formula is C51H32ClO3U-. The Hall–Kier alpha value is -5.76. The molecule has 0 atom stereocenters. The molecule has 3 nitrogen and oxygen atoms in total. The van der Waals surface area contributed by atoms with E-state index in [9.17, 15) is 10.2 Å². The fourth-order valence-corrected chi connectivity index (χ4v) is 8.47. The maximum absolute atomic E-state index is 10.9. The SMILES string of the molecule is Cc1c(-c2c3ccccc3c(-c3cccc4oc5cc(-c6cccc(-c7ccccc7-c7ccccc7)c6)ccc5c34)c3ccccc23)[c-]c(O)c(Cl)c1O.[U]. The van der Waals surface area contributed by atoms with E-state index in [1.54, 1.807) is 6.92 Å². The van der Waals surface area contributed by atoms with Crippen molar-refractivity contribution in [3.63, 3.8) is 0 Å². The number of phenols is 2. The van der Waals surface area contributed by atoms with Crippen LogP contribution < -0.4 is 0 Å². The van der Waals surface area contributed by atoms with Crippen molar-refractivity contribution in [2.75, 3.05) is 0 Å². The molecule has 0 spiro atoms. The summed E-state index contributed by atoms with van der Waals surface area (Å²) < 4.78 is 6.67. The van der Waals surface area contributed by atoms with E-state index in [1.807, 2.05) is 36.4 Å². The van der Waals surface area contributed by atoms with E-state index < -0.39 is 0 Å². The molecule has 0 unspecified atom stereocenters. The zero-order chi connectivity index (χ0) is 37.2. The number of halogens is 1. The molecule has 0 aliphatic carbocycles. The smallest absolute Gasteiger partial charge is 0.136 e. The van der Waals surface area contributed by atoms with Crippen molar-refractivity contribution in [2.24, 2.45) is 0 Å². The van der Waals surface area contributed by atoms with E-state index in [4.69, 9.17) is 16.0 Å². The molecule has 10 rings (SSSR count). The number of furan rings is 1. The fourth-order valence-electron chi connectivity index (χ4n) is 8.28. The summed E-state index contributed by atoms with van der Waals surface area (Å²) in [6.07, 6.45) is 0. The second-order valence-electron chi connectivity index (χ2n) is 14.0. The van der Waals surface area contributed by atoms with Gasteiger partial charge in [-0.05, 0) is 79.5 Å². The van der Waals surface area contributed by atoms with Crippen molar-refractivity contribution >= 4 is 55.1 Å². The molecule has 0 aliphatic heterocycles. The van der Waals surface area contributed by atoms with Crippen LogP contribution in [0.1, 0.15) is 5.56 Å². The van der Waals surface area contributed by atoms with Crippen LogP contribution in [0.15, 0.2) is 168 Å². The third-order valence-electron chi connectivity index (χ3n) is 10.9. The van der Waals surface area contributed by atoms with Crippen molar-refractivity contribution in [2.45, 2.75) is 6.92 Å². The first-order chi connectivity index (χ1) is 27.0. The van der Waals surface area contributed by atoms with E-state index in [0.29, 0.717) is 11.1 Å². The average Bonchev–Trinajstić information content (AvgIpc) is 3.62. The zero-order valence-electron chi connectivity index (χ0n) is 30.3. The van der Waals surface area contributed by atoms with Crippen molar-refractivity contribution in [1.82, 2.24) is 0 Å². The Morgan fingerprint density at radius 3 is 1.71 bits per heavy atom. The van der Waals surface area contributed by atoms with E-state index in [1.165, 1.54) is 16.7 Å². The molecule has 0 aliphatic rings. The Bertz CT molecular complexity index is 3090. The van der Waals surface area contributed by atoms with Crippen LogP contribution >= 0.6 is 11.6 Å².